The number of carbonyl (C=O) groups excluding carboxylic acids is 1. The Morgan fingerprint density at radius 1 is 1.32 bits per heavy atom. The fourth-order valence-corrected chi connectivity index (χ4v) is 2.06. The van der Waals surface area contributed by atoms with E-state index in [-0.39, 0.29) is 5.91 Å². The van der Waals surface area contributed by atoms with Gasteiger partial charge in [0.1, 0.15) is 4.60 Å². The molecule has 0 bridgehead atoms. The average Bonchev–Trinajstić information content (AvgIpc) is 2.34. The molecule has 19 heavy (non-hydrogen) atoms. The minimum Gasteiger partial charge on any atom is -0.324 e. The van der Waals surface area contributed by atoms with Crippen LogP contribution in [0, 0.1) is 13.8 Å². The van der Waals surface area contributed by atoms with Gasteiger partial charge in [-0.05, 0) is 47.0 Å². The van der Waals surface area contributed by atoms with E-state index in [1.54, 1.807) is 6.20 Å². The highest BCUT2D eigenvalue weighted by atomic mass is 79.9. The number of aryl methyl sites for hydroxylation is 2. The van der Waals surface area contributed by atoms with Gasteiger partial charge < -0.3 is 5.32 Å². The van der Waals surface area contributed by atoms with Crippen LogP contribution in [0.4, 0.5) is 5.69 Å². The number of carbonyl (C=O) groups is 1. The lowest BCUT2D eigenvalue weighted by Crippen LogP contribution is -2.14. The van der Waals surface area contributed by atoms with Gasteiger partial charge in [0.15, 0.2) is 0 Å². The van der Waals surface area contributed by atoms with Crippen LogP contribution in [-0.4, -0.2) is 10.9 Å². The minimum atomic E-state index is -0.0332. The van der Waals surface area contributed by atoms with E-state index >= 15 is 0 Å². The molecule has 0 atom stereocenters. The number of anilines is 1. The lowest BCUT2D eigenvalue weighted by atomic mass is 10.1. The first-order valence-corrected chi connectivity index (χ1v) is 6.81. The number of amides is 1. The number of nitrogens with zero attached hydrogens (tertiary/aromatic N) is 1. The number of rotatable bonds is 3. The Hall–Kier alpha value is -1.68. The van der Waals surface area contributed by atoms with E-state index in [1.165, 1.54) is 0 Å². The second-order valence-corrected chi connectivity index (χ2v) is 5.30. The van der Waals surface area contributed by atoms with Crippen LogP contribution in [0.2, 0.25) is 0 Å². The second kappa shape index (κ2) is 5.97. The standard InChI is InChI=1S/C15H15BrN2O/c1-10-4-3-5-12(6-10)8-14(19)18-13-7-11(2)15(16)17-9-13/h3-7,9H,8H2,1-2H3,(H,18,19). The van der Waals surface area contributed by atoms with Crippen molar-refractivity contribution in [2.45, 2.75) is 20.3 Å². The Morgan fingerprint density at radius 2 is 2.11 bits per heavy atom. The number of hydrogen-bond donors (Lipinski definition) is 1. The van der Waals surface area contributed by atoms with Gasteiger partial charge in [0.25, 0.3) is 0 Å². The average molecular weight is 319 g/mol. The number of aromatic nitrogens is 1. The van der Waals surface area contributed by atoms with Crippen LogP contribution in [0.3, 0.4) is 0 Å². The lowest BCUT2D eigenvalue weighted by Gasteiger charge is -2.07. The molecular formula is C15H15BrN2O. The fraction of sp³-hybridized carbons (Fsp3) is 0.200. The normalized spacial score (nSPS) is 10.3. The lowest BCUT2D eigenvalue weighted by molar-refractivity contribution is -0.115. The van der Waals surface area contributed by atoms with Crippen LogP contribution < -0.4 is 5.32 Å². The van der Waals surface area contributed by atoms with E-state index in [0.29, 0.717) is 6.42 Å². The number of halogens is 1. The summed E-state index contributed by atoms with van der Waals surface area (Å²) in [6.07, 6.45) is 2.02. The summed E-state index contributed by atoms with van der Waals surface area (Å²) in [4.78, 5) is 16.1. The summed E-state index contributed by atoms with van der Waals surface area (Å²) in [5.74, 6) is -0.0332. The first-order valence-electron chi connectivity index (χ1n) is 6.02. The molecule has 0 unspecified atom stereocenters. The summed E-state index contributed by atoms with van der Waals surface area (Å²) in [5, 5.41) is 2.86. The molecule has 0 saturated heterocycles. The fourth-order valence-electron chi connectivity index (χ4n) is 1.84. The van der Waals surface area contributed by atoms with Crippen molar-refractivity contribution in [3.63, 3.8) is 0 Å². The van der Waals surface area contributed by atoms with E-state index in [9.17, 15) is 4.79 Å². The molecule has 1 amide bonds. The van der Waals surface area contributed by atoms with E-state index < -0.39 is 0 Å². The number of hydrogen-bond acceptors (Lipinski definition) is 2. The zero-order chi connectivity index (χ0) is 13.8. The van der Waals surface area contributed by atoms with Crippen molar-refractivity contribution in [3.8, 4) is 0 Å². The molecule has 0 spiro atoms. The molecule has 0 aliphatic heterocycles. The van der Waals surface area contributed by atoms with Gasteiger partial charge in [-0.2, -0.15) is 0 Å². The van der Waals surface area contributed by atoms with Crippen molar-refractivity contribution < 1.29 is 4.79 Å². The molecule has 3 nitrogen and oxygen atoms in total. The maximum atomic E-state index is 11.9. The Balaban J connectivity index is 2.03. The quantitative estimate of drug-likeness (QED) is 0.878. The predicted octanol–water partition coefficient (Wildman–Crippen LogP) is 3.64. The SMILES string of the molecule is Cc1cccc(CC(=O)Nc2cnc(Br)c(C)c2)c1. The zero-order valence-corrected chi connectivity index (χ0v) is 12.5. The molecule has 1 aromatic heterocycles. The van der Waals surface area contributed by atoms with Gasteiger partial charge in [-0.15, -0.1) is 0 Å². The highest BCUT2D eigenvalue weighted by Crippen LogP contribution is 2.17. The molecule has 0 aliphatic carbocycles. The molecule has 98 valence electrons. The van der Waals surface area contributed by atoms with Gasteiger partial charge in [-0.25, -0.2) is 4.98 Å². The van der Waals surface area contributed by atoms with Crippen LogP contribution in [0.15, 0.2) is 41.1 Å². The topological polar surface area (TPSA) is 42.0 Å². The Bertz CT molecular complexity index is 611. The summed E-state index contributed by atoms with van der Waals surface area (Å²) in [6, 6.07) is 9.85. The van der Waals surface area contributed by atoms with Crippen LogP contribution in [0.5, 0.6) is 0 Å². The monoisotopic (exact) mass is 318 g/mol. The molecule has 2 aromatic rings. The summed E-state index contributed by atoms with van der Waals surface area (Å²) >= 11 is 3.33. The first kappa shape index (κ1) is 13.7. The smallest absolute Gasteiger partial charge is 0.228 e. The molecule has 1 heterocycles. The van der Waals surface area contributed by atoms with Crippen molar-refractivity contribution in [1.82, 2.24) is 4.98 Å². The second-order valence-electron chi connectivity index (χ2n) is 4.55. The van der Waals surface area contributed by atoms with Crippen molar-refractivity contribution in [2.75, 3.05) is 5.32 Å². The summed E-state index contributed by atoms with van der Waals surface area (Å²) in [5.41, 5.74) is 3.89. The van der Waals surface area contributed by atoms with E-state index in [0.717, 1.165) is 27.0 Å². The molecule has 0 fully saturated rings. The molecule has 2 rings (SSSR count). The van der Waals surface area contributed by atoms with Crippen molar-refractivity contribution in [2.24, 2.45) is 0 Å². The molecule has 0 aliphatic rings. The maximum absolute atomic E-state index is 11.9. The molecule has 4 heteroatoms. The van der Waals surface area contributed by atoms with E-state index in [4.69, 9.17) is 0 Å². The molecule has 0 radical (unpaired) electrons. The third kappa shape index (κ3) is 3.89. The van der Waals surface area contributed by atoms with Crippen LogP contribution in [-0.2, 0) is 11.2 Å². The van der Waals surface area contributed by atoms with Crippen LogP contribution in [0.1, 0.15) is 16.7 Å². The predicted molar refractivity (Wildman–Crippen MR) is 80.2 cm³/mol. The van der Waals surface area contributed by atoms with Gasteiger partial charge in [0.2, 0.25) is 5.91 Å². The van der Waals surface area contributed by atoms with Gasteiger partial charge in [0, 0.05) is 0 Å². The Kier molecular flexibility index (Phi) is 4.32. The minimum absolute atomic E-state index is 0.0332. The van der Waals surface area contributed by atoms with Crippen molar-refractivity contribution in [1.29, 1.82) is 0 Å². The third-order valence-corrected chi connectivity index (χ3v) is 3.58. The largest absolute Gasteiger partial charge is 0.324 e. The number of benzene rings is 1. The van der Waals surface area contributed by atoms with Crippen molar-refractivity contribution >= 4 is 27.5 Å². The summed E-state index contributed by atoms with van der Waals surface area (Å²) in [7, 11) is 0. The van der Waals surface area contributed by atoms with Crippen molar-refractivity contribution in [3.05, 3.63) is 57.8 Å². The van der Waals surface area contributed by atoms with E-state index in [2.05, 4.69) is 26.2 Å². The number of pyridine rings is 1. The highest BCUT2D eigenvalue weighted by Gasteiger charge is 2.05. The Labute approximate surface area is 121 Å². The van der Waals surface area contributed by atoms with Gasteiger partial charge >= 0.3 is 0 Å². The van der Waals surface area contributed by atoms with Gasteiger partial charge in [-0.1, -0.05) is 29.8 Å². The summed E-state index contributed by atoms with van der Waals surface area (Å²) in [6.45, 7) is 3.96. The molecule has 1 aromatic carbocycles. The Morgan fingerprint density at radius 3 is 2.79 bits per heavy atom. The van der Waals surface area contributed by atoms with Gasteiger partial charge in [-0.3, -0.25) is 4.79 Å². The van der Waals surface area contributed by atoms with E-state index in [1.807, 2.05) is 44.2 Å². The highest BCUT2D eigenvalue weighted by molar-refractivity contribution is 9.10. The van der Waals surface area contributed by atoms with Crippen LogP contribution in [0.25, 0.3) is 0 Å². The zero-order valence-electron chi connectivity index (χ0n) is 10.9. The summed E-state index contributed by atoms with van der Waals surface area (Å²) < 4.78 is 0.796. The maximum Gasteiger partial charge on any atom is 0.228 e. The molecular weight excluding hydrogens is 304 g/mol. The van der Waals surface area contributed by atoms with Crippen LogP contribution >= 0.6 is 15.9 Å². The molecule has 0 saturated carbocycles. The number of nitrogens with one attached hydrogen (secondary N) is 1. The first-order chi connectivity index (χ1) is 9.04. The van der Waals surface area contributed by atoms with Gasteiger partial charge in [0.05, 0.1) is 18.3 Å². The third-order valence-electron chi connectivity index (χ3n) is 2.75. The molecule has 1 N–H and O–H groups in total.